The van der Waals surface area contributed by atoms with Crippen LogP contribution in [0.3, 0.4) is 0 Å². The summed E-state index contributed by atoms with van der Waals surface area (Å²) in [6.45, 7) is 9.07. The molecule has 1 aliphatic carbocycles. The van der Waals surface area contributed by atoms with E-state index in [1.165, 1.54) is 11.1 Å². The third kappa shape index (κ3) is 1.35. The van der Waals surface area contributed by atoms with Gasteiger partial charge < -0.3 is 0 Å². The summed E-state index contributed by atoms with van der Waals surface area (Å²) in [5.41, 5.74) is 6.24. The zero-order chi connectivity index (χ0) is 9.46. The lowest BCUT2D eigenvalue weighted by Gasteiger charge is -2.10. The van der Waals surface area contributed by atoms with Crippen molar-refractivity contribution in [1.82, 2.24) is 0 Å². The molecule has 0 nitrogen and oxygen atoms in total. The van der Waals surface area contributed by atoms with Crippen LogP contribution in [0.15, 0.2) is 22.3 Å². The van der Waals surface area contributed by atoms with E-state index in [2.05, 4.69) is 40.2 Å². The van der Waals surface area contributed by atoms with Crippen molar-refractivity contribution in [2.24, 2.45) is 0 Å². The van der Waals surface area contributed by atoms with Crippen molar-refractivity contribution >= 4 is 10.9 Å². The van der Waals surface area contributed by atoms with Crippen molar-refractivity contribution in [3.8, 4) is 0 Å². The average Bonchev–Trinajstić information content (AvgIpc) is 2.16. The van der Waals surface area contributed by atoms with E-state index in [-0.39, 0.29) is 0 Å². The van der Waals surface area contributed by atoms with Gasteiger partial charge in [0.05, 0.1) is 12.5 Å². The van der Waals surface area contributed by atoms with Gasteiger partial charge in [0.1, 0.15) is 0 Å². The molecule has 68 valence electrons. The van der Waals surface area contributed by atoms with Gasteiger partial charge in [0.25, 0.3) is 0 Å². The van der Waals surface area contributed by atoms with E-state index in [1.807, 2.05) is 0 Å². The Morgan fingerprint density at radius 3 is 1.33 bits per heavy atom. The van der Waals surface area contributed by atoms with Crippen LogP contribution in [0.25, 0.3) is 0 Å². The minimum atomic E-state index is 0.492. The molecular weight excluding hydrogens is 164 g/mol. The monoisotopic (exact) mass is 183 g/mol. The van der Waals surface area contributed by atoms with Gasteiger partial charge in [-0.3, -0.25) is 0 Å². The molecule has 0 unspecified atom stereocenters. The van der Waals surface area contributed by atoms with Gasteiger partial charge in [-0.25, -0.2) is 0 Å². The molecule has 0 heterocycles. The number of rotatable bonds is 1. The van der Waals surface area contributed by atoms with Crippen LogP contribution < -0.4 is 0 Å². The maximum absolute atomic E-state index is 2.34. The Morgan fingerprint density at radius 2 is 1.17 bits per heavy atom. The Kier molecular flexibility index (Phi) is 2.72. The van der Waals surface area contributed by atoms with Crippen molar-refractivity contribution in [3.63, 3.8) is 0 Å². The molecule has 0 fully saturated rings. The molecule has 0 spiro atoms. The number of allylic oxidation sites excluding steroid dienone is 2. The lowest BCUT2D eigenvalue weighted by molar-refractivity contribution is 1.15. The smallest absolute Gasteiger partial charge is 0.0438 e. The molecular formula is C11H19S+. The minimum absolute atomic E-state index is 0.492. The van der Waals surface area contributed by atoms with Gasteiger partial charge in [0.2, 0.25) is 0 Å². The van der Waals surface area contributed by atoms with Crippen LogP contribution in [0, 0.1) is 0 Å². The number of hydrogen-bond donors (Lipinski definition) is 0. The van der Waals surface area contributed by atoms with Crippen LogP contribution in [-0.2, 0) is 10.9 Å². The predicted molar refractivity (Wildman–Crippen MR) is 59.7 cm³/mol. The highest BCUT2D eigenvalue weighted by atomic mass is 32.2. The molecule has 0 bridgehead atoms. The van der Waals surface area contributed by atoms with Crippen molar-refractivity contribution in [1.29, 1.82) is 0 Å². The molecule has 0 aliphatic heterocycles. The van der Waals surface area contributed by atoms with Crippen LogP contribution in [-0.4, -0.2) is 17.8 Å². The predicted octanol–water partition coefficient (Wildman–Crippen LogP) is 2.92. The fourth-order valence-corrected chi connectivity index (χ4v) is 3.78. The fourth-order valence-electron chi connectivity index (χ4n) is 2.02. The Morgan fingerprint density at radius 1 is 0.833 bits per heavy atom. The van der Waals surface area contributed by atoms with Gasteiger partial charge in [0.15, 0.2) is 5.25 Å². The molecule has 0 saturated carbocycles. The molecule has 0 saturated heterocycles. The van der Waals surface area contributed by atoms with Crippen molar-refractivity contribution in [3.05, 3.63) is 22.3 Å². The standard InChI is InChI=1S/C11H19S/c1-7-8(2)10(4)11(9(7)3)12(5)6/h11H,1-6H3/q+1. The maximum Gasteiger partial charge on any atom is 0.160 e. The van der Waals surface area contributed by atoms with Gasteiger partial charge in [-0.05, 0) is 60.9 Å². The lowest BCUT2D eigenvalue weighted by Crippen LogP contribution is -2.19. The Labute approximate surface area is 79.1 Å². The average molecular weight is 183 g/mol. The number of hydrogen-bond acceptors (Lipinski definition) is 0. The topological polar surface area (TPSA) is 0 Å². The molecule has 0 aromatic heterocycles. The van der Waals surface area contributed by atoms with Gasteiger partial charge in [-0.2, -0.15) is 0 Å². The van der Waals surface area contributed by atoms with Crippen LogP contribution in [0.2, 0.25) is 0 Å². The fraction of sp³-hybridized carbons (Fsp3) is 0.636. The largest absolute Gasteiger partial charge is 0.160 e. The first-order chi connectivity index (χ1) is 5.46. The Balaban J connectivity index is 3.08. The second-order valence-corrected chi connectivity index (χ2v) is 6.11. The second kappa shape index (κ2) is 3.29. The molecule has 1 aliphatic rings. The van der Waals surface area contributed by atoms with E-state index in [4.69, 9.17) is 0 Å². The summed E-state index contributed by atoms with van der Waals surface area (Å²) in [7, 11) is 0.492. The minimum Gasteiger partial charge on any atom is -0.0438 e. The Hall–Kier alpha value is -0.170. The molecule has 0 aromatic rings. The van der Waals surface area contributed by atoms with Crippen LogP contribution in [0.1, 0.15) is 27.7 Å². The third-order valence-corrected chi connectivity index (χ3v) is 4.65. The van der Waals surface area contributed by atoms with Crippen molar-refractivity contribution in [2.45, 2.75) is 32.9 Å². The van der Waals surface area contributed by atoms with Crippen LogP contribution in [0.5, 0.6) is 0 Å². The summed E-state index contributed by atoms with van der Waals surface area (Å²) in [5, 5.41) is 0.741. The highest BCUT2D eigenvalue weighted by Gasteiger charge is 2.32. The molecule has 1 heteroatoms. The second-order valence-electron chi connectivity index (χ2n) is 3.88. The zero-order valence-electron chi connectivity index (χ0n) is 8.99. The first-order valence-electron chi connectivity index (χ1n) is 4.38. The SMILES string of the molecule is CC1=C(C)C([S+](C)C)C(C)=C1C. The van der Waals surface area contributed by atoms with Gasteiger partial charge in [-0.15, -0.1) is 0 Å². The van der Waals surface area contributed by atoms with Crippen molar-refractivity contribution < 1.29 is 0 Å². The van der Waals surface area contributed by atoms with Crippen LogP contribution >= 0.6 is 0 Å². The molecule has 0 atom stereocenters. The third-order valence-electron chi connectivity index (χ3n) is 3.00. The van der Waals surface area contributed by atoms with Gasteiger partial charge >= 0.3 is 0 Å². The molecule has 0 radical (unpaired) electrons. The zero-order valence-corrected chi connectivity index (χ0v) is 9.80. The van der Waals surface area contributed by atoms with Crippen molar-refractivity contribution in [2.75, 3.05) is 12.5 Å². The van der Waals surface area contributed by atoms with E-state index < -0.39 is 0 Å². The highest BCUT2D eigenvalue weighted by Crippen LogP contribution is 2.35. The van der Waals surface area contributed by atoms with E-state index in [0.717, 1.165) is 5.25 Å². The van der Waals surface area contributed by atoms with E-state index in [1.54, 1.807) is 11.1 Å². The van der Waals surface area contributed by atoms with E-state index in [0.29, 0.717) is 10.9 Å². The normalized spacial score (nSPS) is 20.2. The summed E-state index contributed by atoms with van der Waals surface area (Å²) in [6, 6.07) is 0. The maximum atomic E-state index is 2.34. The highest BCUT2D eigenvalue weighted by molar-refractivity contribution is 7.96. The molecule has 12 heavy (non-hydrogen) atoms. The first-order valence-corrected chi connectivity index (χ1v) is 6.48. The summed E-state index contributed by atoms with van der Waals surface area (Å²) < 4.78 is 0. The molecule has 0 N–H and O–H groups in total. The molecule has 1 rings (SSSR count). The summed E-state index contributed by atoms with van der Waals surface area (Å²) in [6.07, 6.45) is 4.67. The molecule has 0 aromatic carbocycles. The van der Waals surface area contributed by atoms with Crippen LogP contribution in [0.4, 0.5) is 0 Å². The quantitative estimate of drug-likeness (QED) is 0.548. The summed E-state index contributed by atoms with van der Waals surface area (Å²) >= 11 is 0. The van der Waals surface area contributed by atoms with Gasteiger partial charge in [-0.1, -0.05) is 0 Å². The molecule has 0 amide bonds. The summed E-state index contributed by atoms with van der Waals surface area (Å²) in [4.78, 5) is 0. The van der Waals surface area contributed by atoms with E-state index >= 15 is 0 Å². The van der Waals surface area contributed by atoms with E-state index in [9.17, 15) is 0 Å². The first kappa shape index (κ1) is 9.91. The van der Waals surface area contributed by atoms with Gasteiger partial charge in [0, 0.05) is 0 Å². The Bertz CT molecular complexity index is 232. The lowest BCUT2D eigenvalue weighted by atomic mass is 10.1. The summed E-state index contributed by atoms with van der Waals surface area (Å²) in [5.74, 6) is 0.